The van der Waals surface area contributed by atoms with E-state index in [1.807, 2.05) is 13.1 Å². The minimum Gasteiger partial charge on any atom is -0.317 e. The molecule has 0 spiro atoms. The summed E-state index contributed by atoms with van der Waals surface area (Å²) in [7, 11) is 1.98. The van der Waals surface area contributed by atoms with Gasteiger partial charge in [-0.15, -0.1) is 0 Å². The van der Waals surface area contributed by atoms with Crippen LogP contribution in [0.25, 0.3) is 0 Å². The maximum absolute atomic E-state index is 13.7. The van der Waals surface area contributed by atoms with Crippen molar-refractivity contribution < 1.29 is 4.39 Å². The van der Waals surface area contributed by atoms with Crippen LogP contribution >= 0.6 is 15.9 Å². The second-order valence-electron chi connectivity index (χ2n) is 5.31. The number of hydrogen-bond donors (Lipinski definition) is 1. The Morgan fingerprint density at radius 3 is 2.78 bits per heavy atom. The highest BCUT2D eigenvalue weighted by atomic mass is 79.9. The molecule has 0 amide bonds. The molecule has 0 aromatic heterocycles. The molecule has 1 aromatic carbocycles. The Bertz CT molecular complexity index is 388. The van der Waals surface area contributed by atoms with Gasteiger partial charge in [-0.05, 0) is 49.6 Å². The fraction of sp³-hybridized carbons (Fsp3) is 0.600. The molecule has 1 aliphatic rings. The Morgan fingerprint density at radius 1 is 1.39 bits per heavy atom. The molecule has 1 N–H and O–H groups in total. The monoisotopic (exact) mass is 313 g/mol. The van der Waals surface area contributed by atoms with Crippen LogP contribution in [0, 0.1) is 11.7 Å². The lowest BCUT2D eigenvalue weighted by atomic mass is 9.94. The van der Waals surface area contributed by atoms with Gasteiger partial charge in [0.25, 0.3) is 0 Å². The Kier molecular flexibility index (Phi) is 5.19. The minimum atomic E-state index is -0.0927. The zero-order valence-corrected chi connectivity index (χ0v) is 12.5. The van der Waals surface area contributed by atoms with Crippen LogP contribution in [0.4, 0.5) is 4.39 Å². The van der Waals surface area contributed by atoms with E-state index in [1.54, 1.807) is 12.1 Å². The molecule has 18 heavy (non-hydrogen) atoms. The van der Waals surface area contributed by atoms with Gasteiger partial charge in [0.05, 0.1) is 0 Å². The maximum atomic E-state index is 13.7. The average molecular weight is 314 g/mol. The molecular weight excluding hydrogens is 293 g/mol. The summed E-state index contributed by atoms with van der Waals surface area (Å²) >= 11 is 3.41. The molecule has 1 nitrogen and oxygen atoms in total. The number of halogens is 2. The first-order chi connectivity index (χ1) is 8.69. The molecule has 1 fully saturated rings. The molecule has 0 bridgehead atoms. The quantitative estimate of drug-likeness (QED) is 0.854. The van der Waals surface area contributed by atoms with Gasteiger partial charge in [0.2, 0.25) is 0 Å². The first-order valence-electron chi connectivity index (χ1n) is 6.80. The number of likely N-dealkylation sites (N-methyl/N-ethyl adjacent to an activating group) is 1. The molecule has 0 heterocycles. The second-order valence-corrected chi connectivity index (χ2v) is 6.23. The van der Waals surface area contributed by atoms with Gasteiger partial charge in [0.15, 0.2) is 0 Å². The summed E-state index contributed by atoms with van der Waals surface area (Å²) < 4.78 is 14.7. The SMILES string of the molecule is CNC(Cc1cc(Br)ccc1F)CC1CCCC1. The number of nitrogens with one attached hydrogen (secondary N) is 1. The van der Waals surface area contributed by atoms with Crippen molar-refractivity contribution in [1.29, 1.82) is 0 Å². The molecule has 0 aliphatic heterocycles. The Balaban J connectivity index is 1.98. The van der Waals surface area contributed by atoms with Gasteiger partial charge in [-0.25, -0.2) is 4.39 Å². The predicted octanol–water partition coefficient (Wildman–Crippen LogP) is 4.30. The number of benzene rings is 1. The van der Waals surface area contributed by atoms with E-state index in [9.17, 15) is 4.39 Å². The highest BCUT2D eigenvalue weighted by Gasteiger charge is 2.20. The molecule has 1 saturated carbocycles. The van der Waals surface area contributed by atoms with Crippen LogP contribution in [0.15, 0.2) is 22.7 Å². The summed E-state index contributed by atoms with van der Waals surface area (Å²) in [6.45, 7) is 0. The molecular formula is C15H21BrFN. The third-order valence-electron chi connectivity index (χ3n) is 3.97. The Hall–Kier alpha value is -0.410. The van der Waals surface area contributed by atoms with E-state index in [-0.39, 0.29) is 5.82 Å². The molecule has 3 heteroatoms. The van der Waals surface area contributed by atoms with Crippen molar-refractivity contribution in [1.82, 2.24) is 5.32 Å². The van der Waals surface area contributed by atoms with Crippen molar-refractivity contribution in [3.63, 3.8) is 0 Å². The summed E-state index contributed by atoms with van der Waals surface area (Å²) in [4.78, 5) is 0. The van der Waals surface area contributed by atoms with Crippen molar-refractivity contribution in [3.8, 4) is 0 Å². The van der Waals surface area contributed by atoms with Gasteiger partial charge in [-0.3, -0.25) is 0 Å². The van der Waals surface area contributed by atoms with Crippen molar-refractivity contribution in [2.45, 2.75) is 44.6 Å². The lowest BCUT2D eigenvalue weighted by Crippen LogP contribution is -2.30. The van der Waals surface area contributed by atoms with Crippen LogP contribution < -0.4 is 5.32 Å². The van der Waals surface area contributed by atoms with Gasteiger partial charge in [0.1, 0.15) is 5.82 Å². The fourth-order valence-corrected chi connectivity index (χ4v) is 3.33. The van der Waals surface area contributed by atoms with E-state index in [4.69, 9.17) is 0 Å². The van der Waals surface area contributed by atoms with Crippen molar-refractivity contribution in [2.75, 3.05) is 7.05 Å². The smallest absolute Gasteiger partial charge is 0.126 e. The molecule has 1 atom stereocenters. The van der Waals surface area contributed by atoms with Crippen LogP contribution in [0.5, 0.6) is 0 Å². The van der Waals surface area contributed by atoms with Crippen molar-refractivity contribution in [2.24, 2.45) is 5.92 Å². The zero-order chi connectivity index (χ0) is 13.0. The van der Waals surface area contributed by atoms with E-state index in [0.717, 1.165) is 22.4 Å². The van der Waals surface area contributed by atoms with Gasteiger partial charge in [0, 0.05) is 10.5 Å². The maximum Gasteiger partial charge on any atom is 0.126 e. The zero-order valence-electron chi connectivity index (χ0n) is 10.9. The van der Waals surface area contributed by atoms with Crippen molar-refractivity contribution >= 4 is 15.9 Å². The Morgan fingerprint density at radius 2 is 2.11 bits per heavy atom. The molecule has 2 rings (SSSR count). The fourth-order valence-electron chi connectivity index (χ4n) is 2.92. The van der Waals surface area contributed by atoms with Gasteiger partial charge in [-0.2, -0.15) is 0 Å². The lowest BCUT2D eigenvalue weighted by Gasteiger charge is -2.20. The van der Waals surface area contributed by atoms with Gasteiger partial charge < -0.3 is 5.32 Å². The van der Waals surface area contributed by atoms with Crippen LogP contribution in [0.3, 0.4) is 0 Å². The van der Waals surface area contributed by atoms with E-state index in [0.29, 0.717) is 6.04 Å². The number of rotatable bonds is 5. The average Bonchev–Trinajstić information content (AvgIpc) is 2.85. The molecule has 0 radical (unpaired) electrons. The van der Waals surface area contributed by atoms with Crippen molar-refractivity contribution in [3.05, 3.63) is 34.1 Å². The summed E-state index contributed by atoms with van der Waals surface area (Å²) in [5.74, 6) is 0.738. The summed E-state index contributed by atoms with van der Waals surface area (Å²) in [6, 6.07) is 5.58. The highest BCUT2D eigenvalue weighted by Crippen LogP contribution is 2.29. The standard InChI is InChI=1S/C15H21BrFN/c1-18-14(8-11-4-2-3-5-11)10-12-9-13(16)6-7-15(12)17/h6-7,9,11,14,18H,2-5,8,10H2,1H3. The molecule has 100 valence electrons. The normalized spacial score (nSPS) is 18.2. The van der Waals surface area contributed by atoms with Crippen LogP contribution in [0.2, 0.25) is 0 Å². The minimum absolute atomic E-state index is 0.0927. The first kappa shape index (κ1) is 14.0. The molecule has 1 aromatic rings. The predicted molar refractivity (Wildman–Crippen MR) is 77.2 cm³/mol. The van der Waals surface area contributed by atoms with Crippen LogP contribution in [0.1, 0.15) is 37.7 Å². The number of hydrogen-bond acceptors (Lipinski definition) is 1. The molecule has 1 unspecified atom stereocenters. The van der Waals surface area contributed by atoms with E-state index in [2.05, 4.69) is 21.2 Å². The summed E-state index contributed by atoms with van der Waals surface area (Å²) in [5, 5.41) is 3.34. The summed E-state index contributed by atoms with van der Waals surface area (Å²) in [5.41, 5.74) is 0.807. The van der Waals surface area contributed by atoms with Crippen LogP contribution in [-0.4, -0.2) is 13.1 Å². The highest BCUT2D eigenvalue weighted by molar-refractivity contribution is 9.10. The van der Waals surface area contributed by atoms with E-state index in [1.165, 1.54) is 32.1 Å². The van der Waals surface area contributed by atoms with Gasteiger partial charge >= 0.3 is 0 Å². The lowest BCUT2D eigenvalue weighted by molar-refractivity contribution is 0.399. The second kappa shape index (κ2) is 6.67. The topological polar surface area (TPSA) is 12.0 Å². The molecule has 0 saturated heterocycles. The summed E-state index contributed by atoms with van der Waals surface area (Å²) in [6.07, 6.45) is 7.37. The third kappa shape index (κ3) is 3.79. The first-order valence-corrected chi connectivity index (χ1v) is 7.59. The third-order valence-corrected chi connectivity index (χ3v) is 4.47. The largest absolute Gasteiger partial charge is 0.317 e. The molecule has 1 aliphatic carbocycles. The van der Waals surface area contributed by atoms with E-state index >= 15 is 0 Å². The van der Waals surface area contributed by atoms with E-state index < -0.39 is 0 Å². The van der Waals surface area contributed by atoms with Crippen LogP contribution in [-0.2, 0) is 6.42 Å². The Labute approximate surface area is 117 Å². The van der Waals surface area contributed by atoms with Gasteiger partial charge in [-0.1, -0.05) is 41.6 Å².